The second-order valence-corrected chi connectivity index (χ2v) is 7.15. The van der Waals surface area contributed by atoms with Crippen LogP contribution < -0.4 is 5.69 Å². The summed E-state index contributed by atoms with van der Waals surface area (Å²) < 4.78 is 14.4. The lowest BCUT2D eigenvalue weighted by Gasteiger charge is -2.10. The van der Waals surface area contributed by atoms with E-state index in [2.05, 4.69) is 22.0 Å². The Bertz CT molecular complexity index is 1110. The van der Waals surface area contributed by atoms with E-state index >= 15 is 0 Å². The number of aromatic amines is 1. The minimum absolute atomic E-state index is 0.124. The van der Waals surface area contributed by atoms with E-state index in [-0.39, 0.29) is 16.8 Å². The lowest BCUT2D eigenvalue weighted by molar-refractivity contribution is 0.628. The molecule has 4 rings (SSSR count). The van der Waals surface area contributed by atoms with Crippen LogP contribution in [0.5, 0.6) is 0 Å². The normalized spacial score (nSPS) is 12.4. The molecule has 0 saturated heterocycles. The summed E-state index contributed by atoms with van der Waals surface area (Å²) in [5.74, 6) is -0.316. The van der Waals surface area contributed by atoms with E-state index in [0.29, 0.717) is 16.4 Å². The topological polar surface area (TPSA) is 63.1 Å². The number of fused-ring (bicyclic) bond motifs is 1. The van der Waals surface area contributed by atoms with Crippen LogP contribution >= 0.6 is 11.8 Å². The molecule has 2 aromatic heterocycles. The van der Waals surface area contributed by atoms with Crippen molar-refractivity contribution in [2.75, 3.05) is 0 Å². The molecule has 2 aromatic carbocycles. The number of nitrogens with zero attached hydrogens (tertiary/aromatic N) is 3. The number of thioether (sulfide) groups is 1. The molecular formula is C19H15FN4OS. The number of nitrogens with one attached hydrogen (secondary N) is 1. The predicted molar refractivity (Wildman–Crippen MR) is 99.7 cm³/mol. The number of hydrogen-bond donors (Lipinski definition) is 1. The van der Waals surface area contributed by atoms with Crippen molar-refractivity contribution in [2.45, 2.75) is 17.3 Å². The third-order valence-corrected chi connectivity index (χ3v) is 5.11. The van der Waals surface area contributed by atoms with Crippen molar-refractivity contribution in [3.63, 3.8) is 0 Å². The maximum absolute atomic E-state index is 13.2. The predicted octanol–water partition coefficient (Wildman–Crippen LogP) is 4.08. The van der Waals surface area contributed by atoms with Gasteiger partial charge in [0.05, 0.1) is 6.20 Å². The molecule has 4 aromatic rings. The fourth-order valence-electron chi connectivity index (χ4n) is 2.72. The average Bonchev–Trinajstić information content (AvgIpc) is 3.07. The van der Waals surface area contributed by atoms with Gasteiger partial charge in [0.2, 0.25) is 0 Å². The van der Waals surface area contributed by atoms with Crippen LogP contribution in [-0.2, 0) is 0 Å². The monoisotopic (exact) mass is 366 g/mol. The lowest BCUT2D eigenvalue weighted by Crippen LogP contribution is -2.19. The Kier molecular flexibility index (Phi) is 4.30. The molecule has 0 saturated carbocycles. The maximum atomic E-state index is 13.2. The van der Waals surface area contributed by atoms with Crippen LogP contribution in [0, 0.1) is 5.82 Å². The molecule has 0 aliphatic heterocycles. The lowest BCUT2D eigenvalue weighted by atomic mass is 10.1. The first-order valence-corrected chi connectivity index (χ1v) is 8.95. The highest BCUT2D eigenvalue weighted by Gasteiger charge is 2.15. The van der Waals surface area contributed by atoms with Crippen molar-refractivity contribution in [3.05, 3.63) is 82.7 Å². The van der Waals surface area contributed by atoms with Crippen molar-refractivity contribution >= 4 is 17.4 Å². The summed E-state index contributed by atoms with van der Waals surface area (Å²) in [5, 5.41) is 4.74. The molecule has 1 unspecified atom stereocenters. The van der Waals surface area contributed by atoms with Gasteiger partial charge in [-0.1, -0.05) is 54.2 Å². The fraction of sp³-hybridized carbons (Fsp3) is 0.105. The molecule has 0 bridgehead atoms. The highest BCUT2D eigenvalue weighted by molar-refractivity contribution is 7.99. The molecule has 1 atom stereocenters. The zero-order chi connectivity index (χ0) is 18.1. The van der Waals surface area contributed by atoms with E-state index in [9.17, 15) is 9.18 Å². The van der Waals surface area contributed by atoms with Crippen molar-refractivity contribution in [1.29, 1.82) is 0 Å². The molecule has 0 amide bonds. The van der Waals surface area contributed by atoms with E-state index in [1.807, 2.05) is 30.3 Å². The molecule has 5 nitrogen and oxygen atoms in total. The molecule has 26 heavy (non-hydrogen) atoms. The summed E-state index contributed by atoms with van der Waals surface area (Å²) in [7, 11) is 0. The first kappa shape index (κ1) is 16.5. The van der Waals surface area contributed by atoms with Crippen molar-refractivity contribution in [1.82, 2.24) is 19.6 Å². The molecule has 0 fully saturated rings. The van der Waals surface area contributed by atoms with Crippen LogP contribution in [0.2, 0.25) is 0 Å². The number of benzene rings is 2. The molecular weight excluding hydrogens is 351 g/mol. The number of aromatic nitrogens is 4. The Morgan fingerprint density at radius 3 is 2.58 bits per heavy atom. The van der Waals surface area contributed by atoms with E-state index in [0.717, 1.165) is 11.1 Å². The van der Waals surface area contributed by atoms with Gasteiger partial charge >= 0.3 is 5.69 Å². The van der Waals surface area contributed by atoms with Gasteiger partial charge in [-0.25, -0.2) is 14.2 Å². The molecule has 0 spiro atoms. The van der Waals surface area contributed by atoms with Crippen molar-refractivity contribution < 1.29 is 4.39 Å². The molecule has 2 heterocycles. The Balaban J connectivity index is 1.74. The SMILES string of the molecule is CC(Sc1nc2c(-c3ccc(F)cc3)cnn2c(=O)[nH]1)c1ccccc1. The van der Waals surface area contributed by atoms with E-state index < -0.39 is 0 Å². The zero-order valence-corrected chi connectivity index (χ0v) is 14.7. The van der Waals surface area contributed by atoms with Gasteiger partial charge in [-0.3, -0.25) is 4.98 Å². The van der Waals surface area contributed by atoms with Crippen LogP contribution in [0.3, 0.4) is 0 Å². The third-order valence-electron chi connectivity index (χ3n) is 4.07. The van der Waals surface area contributed by atoms with Gasteiger partial charge in [0.1, 0.15) is 5.82 Å². The number of H-pyrrole nitrogens is 1. The molecule has 130 valence electrons. The molecule has 1 N–H and O–H groups in total. The van der Waals surface area contributed by atoms with E-state index in [1.165, 1.54) is 28.4 Å². The molecule has 7 heteroatoms. The standard InChI is InChI=1S/C19H15FN4OS/c1-12(13-5-3-2-4-6-13)26-18-22-17-16(11-21-24(17)19(25)23-18)14-7-9-15(20)10-8-14/h2-12H,1H3,(H,22,23,25). The van der Waals surface area contributed by atoms with Crippen LogP contribution in [0.15, 0.2) is 70.7 Å². The highest BCUT2D eigenvalue weighted by Crippen LogP contribution is 2.33. The molecule has 0 aliphatic carbocycles. The second-order valence-electron chi connectivity index (χ2n) is 5.82. The smallest absolute Gasteiger partial charge is 0.285 e. The maximum Gasteiger partial charge on any atom is 0.350 e. The fourth-order valence-corrected chi connectivity index (χ4v) is 3.63. The van der Waals surface area contributed by atoms with Crippen LogP contribution in [-0.4, -0.2) is 19.6 Å². The Morgan fingerprint density at radius 1 is 1.12 bits per heavy atom. The average molecular weight is 366 g/mol. The van der Waals surface area contributed by atoms with E-state index in [4.69, 9.17) is 0 Å². The summed E-state index contributed by atoms with van der Waals surface area (Å²) in [6, 6.07) is 16.1. The zero-order valence-electron chi connectivity index (χ0n) is 13.9. The van der Waals surface area contributed by atoms with Gasteiger partial charge in [0, 0.05) is 10.8 Å². The number of rotatable bonds is 4. The Hall–Kier alpha value is -2.93. The summed E-state index contributed by atoms with van der Waals surface area (Å²) in [6.45, 7) is 2.06. The Labute approximate surface area is 152 Å². The second kappa shape index (κ2) is 6.76. The molecule has 0 aliphatic rings. The first-order valence-electron chi connectivity index (χ1n) is 8.07. The largest absolute Gasteiger partial charge is 0.350 e. The summed E-state index contributed by atoms with van der Waals surface area (Å²) in [6.07, 6.45) is 1.57. The molecule has 0 radical (unpaired) electrons. The minimum atomic E-state index is -0.355. The summed E-state index contributed by atoms with van der Waals surface area (Å²) in [5.41, 5.74) is 2.68. The third kappa shape index (κ3) is 3.13. The van der Waals surface area contributed by atoms with Crippen molar-refractivity contribution in [3.8, 4) is 11.1 Å². The van der Waals surface area contributed by atoms with E-state index in [1.54, 1.807) is 18.3 Å². The van der Waals surface area contributed by atoms with Gasteiger partial charge in [0.25, 0.3) is 0 Å². The Morgan fingerprint density at radius 2 is 1.85 bits per heavy atom. The highest BCUT2D eigenvalue weighted by atomic mass is 32.2. The quantitative estimate of drug-likeness (QED) is 0.553. The van der Waals surface area contributed by atoms with Crippen LogP contribution in [0.25, 0.3) is 16.8 Å². The van der Waals surface area contributed by atoms with Crippen LogP contribution in [0.4, 0.5) is 4.39 Å². The minimum Gasteiger partial charge on any atom is -0.285 e. The number of halogens is 1. The summed E-state index contributed by atoms with van der Waals surface area (Å²) in [4.78, 5) is 19.7. The first-order chi connectivity index (χ1) is 12.6. The van der Waals surface area contributed by atoms with Gasteiger partial charge < -0.3 is 0 Å². The van der Waals surface area contributed by atoms with Gasteiger partial charge in [-0.2, -0.15) is 9.61 Å². The summed E-state index contributed by atoms with van der Waals surface area (Å²) >= 11 is 1.47. The van der Waals surface area contributed by atoms with Crippen LogP contribution in [0.1, 0.15) is 17.7 Å². The number of hydrogen-bond acceptors (Lipinski definition) is 4. The van der Waals surface area contributed by atoms with Gasteiger partial charge in [-0.05, 0) is 30.2 Å². The van der Waals surface area contributed by atoms with Gasteiger partial charge in [-0.15, -0.1) is 0 Å². The van der Waals surface area contributed by atoms with Crippen molar-refractivity contribution in [2.24, 2.45) is 0 Å². The van der Waals surface area contributed by atoms with Gasteiger partial charge in [0.15, 0.2) is 10.8 Å².